The first-order valence-corrected chi connectivity index (χ1v) is 5.94. The number of aromatic nitrogens is 3. The highest BCUT2D eigenvalue weighted by Crippen LogP contribution is 2.17. The van der Waals surface area contributed by atoms with Crippen molar-refractivity contribution in [3.63, 3.8) is 0 Å². The van der Waals surface area contributed by atoms with Crippen LogP contribution in [0, 0.1) is 0 Å². The summed E-state index contributed by atoms with van der Waals surface area (Å²) in [6.07, 6.45) is 6.56. The maximum absolute atomic E-state index is 12.1. The number of aromatic amines is 1. The van der Waals surface area contributed by atoms with Gasteiger partial charge >= 0.3 is 0 Å². The normalized spacial score (nSPS) is 10.5. The molecule has 0 radical (unpaired) electrons. The highest BCUT2D eigenvalue weighted by atomic mass is 16.1. The van der Waals surface area contributed by atoms with Gasteiger partial charge in [0.1, 0.15) is 0 Å². The number of nitrogens with zero attached hydrogens (tertiary/aromatic N) is 2. The first-order valence-electron chi connectivity index (χ1n) is 5.94. The van der Waals surface area contributed by atoms with Gasteiger partial charge in [-0.05, 0) is 6.07 Å². The van der Waals surface area contributed by atoms with Crippen LogP contribution in [0.5, 0.6) is 0 Å². The largest absolute Gasteiger partial charge is 0.360 e. The van der Waals surface area contributed by atoms with Crippen LogP contribution in [0.2, 0.25) is 0 Å². The summed E-state index contributed by atoms with van der Waals surface area (Å²) in [6.45, 7) is 0.367. The molecule has 0 saturated carbocycles. The van der Waals surface area contributed by atoms with Crippen molar-refractivity contribution in [2.75, 3.05) is 0 Å². The molecule has 3 aromatic rings. The zero-order chi connectivity index (χ0) is 13.1. The second kappa shape index (κ2) is 4.89. The molecule has 0 fully saturated rings. The van der Waals surface area contributed by atoms with Gasteiger partial charge in [0, 0.05) is 29.5 Å². The molecule has 0 unspecified atom stereocenters. The summed E-state index contributed by atoms with van der Waals surface area (Å²) in [7, 11) is 0. The number of hydrogen-bond acceptors (Lipinski definition) is 3. The fourth-order valence-electron chi connectivity index (χ4n) is 1.95. The molecule has 0 aliphatic heterocycles. The third kappa shape index (κ3) is 2.30. The summed E-state index contributed by atoms with van der Waals surface area (Å²) in [5.74, 6) is -0.122. The molecule has 0 saturated heterocycles. The van der Waals surface area contributed by atoms with E-state index in [-0.39, 0.29) is 5.91 Å². The van der Waals surface area contributed by atoms with Crippen molar-refractivity contribution < 1.29 is 4.79 Å². The number of para-hydroxylation sites is 1. The van der Waals surface area contributed by atoms with Crippen LogP contribution < -0.4 is 5.32 Å². The quantitative estimate of drug-likeness (QED) is 0.747. The summed E-state index contributed by atoms with van der Waals surface area (Å²) >= 11 is 0. The van der Waals surface area contributed by atoms with E-state index >= 15 is 0 Å². The summed E-state index contributed by atoms with van der Waals surface area (Å²) in [5.41, 5.74) is 2.32. The van der Waals surface area contributed by atoms with Gasteiger partial charge in [0.15, 0.2) is 0 Å². The summed E-state index contributed by atoms with van der Waals surface area (Å²) in [4.78, 5) is 23.3. The molecule has 2 aromatic heterocycles. The summed E-state index contributed by atoms with van der Waals surface area (Å²) in [5, 5.41) is 3.75. The second-order valence-electron chi connectivity index (χ2n) is 4.13. The van der Waals surface area contributed by atoms with Crippen LogP contribution in [0.15, 0.2) is 49.1 Å². The SMILES string of the molecule is O=C(NCc1cnccn1)c1c[nH]c2ccccc12. The van der Waals surface area contributed by atoms with Gasteiger partial charge in [0.05, 0.1) is 24.0 Å². The number of hydrogen-bond donors (Lipinski definition) is 2. The van der Waals surface area contributed by atoms with Crippen LogP contribution >= 0.6 is 0 Å². The molecule has 5 heteroatoms. The summed E-state index contributed by atoms with van der Waals surface area (Å²) < 4.78 is 0. The number of fused-ring (bicyclic) bond motifs is 1. The molecular weight excluding hydrogens is 240 g/mol. The van der Waals surface area contributed by atoms with Crippen molar-refractivity contribution in [1.82, 2.24) is 20.3 Å². The Balaban J connectivity index is 1.77. The Hall–Kier alpha value is -2.69. The first kappa shape index (κ1) is 11.4. The Labute approximate surface area is 109 Å². The van der Waals surface area contributed by atoms with E-state index in [1.54, 1.807) is 24.8 Å². The third-order valence-electron chi connectivity index (χ3n) is 2.88. The average molecular weight is 252 g/mol. The fraction of sp³-hybridized carbons (Fsp3) is 0.0714. The number of nitrogens with one attached hydrogen (secondary N) is 2. The molecule has 0 aliphatic carbocycles. The van der Waals surface area contributed by atoms with Crippen LogP contribution in [0.1, 0.15) is 16.1 Å². The summed E-state index contributed by atoms with van der Waals surface area (Å²) in [6, 6.07) is 7.70. The van der Waals surface area contributed by atoms with Crippen LogP contribution in [0.4, 0.5) is 0 Å². The average Bonchev–Trinajstić information content (AvgIpc) is 2.90. The smallest absolute Gasteiger partial charge is 0.253 e. The maximum atomic E-state index is 12.1. The highest BCUT2D eigenvalue weighted by molar-refractivity contribution is 6.06. The number of amides is 1. The molecule has 0 atom stereocenters. The monoisotopic (exact) mass is 252 g/mol. The molecule has 0 aliphatic rings. The van der Waals surface area contributed by atoms with Gasteiger partial charge in [-0.25, -0.2) is 0 Å². The zero-order valence-corrected chi connectivity index (χ0v) is 10.1. The van der Waals surface area contributed by atoms with Gasteiger partial charge in [0.25, 0.3) is 5.91 Å². The zero-order valence-electron chi connectivity index (χ0n) is 10.1. The molecule has 0 bridgehead atoms. The van der Waals surface area contributed by atoms with E-state index in [2.05, 4.69) is 20.3 Å². The molecule has 0 spiro atoms. The molecule has 3 rings (SSSR count). The van der Waals surface area contributed by atoms with Gasteiger partial charge in [-0.3, -0.25) is 14.8 Å². The third-order valence-corrected chi connectivity index (χ3v) is 2.88. The van der Waals surface area contributed by atoms with Crippen molar-refractivity contribution in [1.29, 1.82) is 0 Å². The Morgan fingerprint density at radius 2 is 2.16 bits per heavy atom. The van der Waals surface area contributed by atoms with E-state index in [0.717, 1.165) is 16.6 Å². The van der Waals surface area contributed by atoms with E-state index < -0.39 is 0 Å². The second-order valence-corrected chi connectivity index (χ2v) is 4.13. The number of carbonyl (C=O) groups excluding carboxylic acids is 1. The topological polar surface area (TPSA) is 70.7 Å². The number of carbonyl (C=O) groups is 1. The molecule has 2 N–H and O–H groups in total. The van der Waals surface area contributed by atoms with Crippen molar-refractivity contribution in [2.24, 2.45) is 0 Å². The Bertz CT molecular complexity index is 706. The number of rotatable bonds is 3. The predicted octanol–water partition coefficient (Wildman–Crippen LogP) is 1.89. The molecule has 94 valence electrons. The van der Waals surface area contributed by atoms with Gasteiger partial charge in [-0.15, -0.1) is 0 Å². The lowest BCUT2D eigenvalue weighted by atomic mass is 10.1. The minimum atomic E-state index is -0.122. The van der Waals surface area contributed by atoms with E-state index in [1.807, 2.05) is 24.3 Å². The standard InChI is InChI=1S/C14H12N4O/c19-14(18-8-10-7-15-5-6-16-10)12-9-17-13-4-2-1-3-11(12)13/h1-7,9,17H,8H2,(H,18,19). The van der Waals surface area contributed by atoms with E-state index in [4.69, 9.17) is 0 Å². The van der Waals surface area contributed by atoms with E-state index in [0.29, 0.717) is 12.1 Å². The minimum Gasteiger partial charge on any atom is -0.360 e. The van der Waals surface area contributed by atoms with Gasteiger partial charge in [-0.2, -0.15) is 0 Å². The van der Waals surface area contributed by atoms with Crippen LogP contribution in [-0.4, -0.2) is 20.9 Å². The van der Waals surface area contributed by atoms with Crippen molar-refractivity contribution in [3.05, 3.63) is 60.3 Å². The fourth-order valence-corrected chi connectivity index (χ4v) is 1.95. The van der Waals surface area contributed by atoms with Crippen molar-refractivity contribution in [3.8, 4) is 0 Å². The first-order chi connectivity index (χ1) is 9.34. The predicted molar refractivity (Wildman–Crippen MR) is 71.5 cm³/mol. The Kier molecular flexibility index (Phi) is 2.94. The highest BCUT2D eigenvalue weighted by Gasteiger charge is 2.11. The molecule has 1 amide bonds. The minimum absolute atomic E-state index is 0.122. The van der Waals surface area contributed by atoms with Crippen molar-refractivity contribution in [2.45, 2.75) is 6.54 Å². The lowest BCUT2D eigenvalue weighted by Crippen LogP contribution is -2.23. The molecular formula is C14H12N4O. The molecule has 2 heterocycles. The Morgan fingerprint density at radius 1 is 1.26 bits per heavy atom. The number of H-pyrrole nitrogens is 1. The van der Waals surface area contributed by atoms with Crippen LogP contribution in [0.3, 0.4) is 0 Å². The Morgan fingerprint density at radius 3 is 3.00 bits per heavy atom. The molecule has 5 nitrogen and oxygen atoms in total. The van der Waals surface area contributed by atoms with E-state index in [1.165, 1.54) is 0 Å². The van der Waals surface area contributed by atoms with Gasteiger partial charge in [0.2, 0.25) is 0 Å². The van der Waals surface area contributed by atoms with Gasteiger partial charge < -0.3 is 10.3 Å². The maximum Gasteiger partial charge on any atom is 0.253 e. The number of benzene rings is 1. The van der Waals surface area contributed by atoms with Gasteiger partial charge in [-0.1, -0.05) is 18.2 Å². The molecule has 1 aromatic carbocycles. The van der Waals surface area contributed by atoms with Crippen LogP contribution in [-0.2, 0) is 6.54 Å². The van der Waals surface area contributed by atoms with Crippen molar-refractivity contribution >= 4 is 16.8 Å². The van der Waals surface area contributed by atoms with E-state index in [9.17, 15) is 4.79 Å². The lowest BCUT2D eigenvalue weighted by Gasteiger charge is -2.03. The van der Waals surface area contributed by atoms with Crippen LogP contribution in [0.25, 0.3) is 10.9 Å². The lowest BCUT2D eigenvalue weighted by molar-refractivity contribution is 0.0952. The molecule has 19 heavy (non-hydrogen) atoms.